The van der Waals surface area contributed by atoms with Gasteiger partial charge in [-0.1, -0.05) is 25.1 Å². The molecule has 0 bridgehead atoms. The number of aryl methyl sites for hydroxylation is 1. The van der Waals surface area contributed by atoms with Crippen LogP contribution in [-0.4, -0.2) is 38.7 Å². The van der Waals surface area contributed by atoms with E-state index >= 15 is 0 Å². The van der Waals surface area contributed by atoms with Gasteiger partial charge in [0.15, 0.2) is 0 Å². The lowest BCUT2D eigenvalue weighted by Gasteiger charge is -2.35. The first-order valence-corrected chi connectivity index (χ1v) is 9.69. The van der Waals surface area contributed by atoms with Crippen molar-refractivity contribution in [2.24, 2.45) is 0 Å². The first-order chi connectivity index (χ1) is 11.8. The van der Waals surface area contributed by atoms with Crippen molar-refractivity contribution in [2.45, 2.75) is 48.8 Å². The number of piperidine rings is 1. The van der Waals surface area contributed by atoms with Gasteiger partial charge in [-0.3, -0.25) is 4.79 Å². The summed E-state index contributed by atoms with van der Waals surface area (Å²) in [6.07, 6.45) is 7.95. The SMILES string of the molecule is CCc1nccn1[C@H]1CCCN(C(=O)[C@H]2Cc3ccccc3S2)C1. The molecule has 0 aliphatic carbocycles. The monoisotopic (exact) mass is 341 g/mol. The number of likely N-dealkylation sites (tertiary alicyclic amines) is 1. The normalized spacial score (nSPS) is 23.3. The van der Waals surface area contributed by atoms with Crippen molar-refractivity contribution in [1.29, 1.82) is 0 Å². The molecule has 126 valence electrons. The molecule has 0 radical (unpaired) electrons. The third-order valence-electron chi connectivity index (χ3n) is 5.09. The predicted molar refractivity (Wildman–Crippen MR) is 96.2 cm³/mol. The first-order valence-electron chi connectivity index (χ1n) is 8.81. The van der Waals surface area contributed by atoms with Gasteiger partial charge in [-0.15, -0.1) is 11.8 Å². The fourth-order valence-corrected chi connectivity index (χ4v) is 5.13. The summed E-state index contributed by atoms with van der Waals surface area (Å²) in [5, 5.41) is 0.0505. The van der Waals surface area contributed by atoms with Crippen LogP contribution in [0.1, 0.15) is 37.2 Å². The van der Waals surface area contributed by atoms with Crippen LogP contribution in [0.25, 0.3) is 0 Å². The highest BCUT2D eigenvalue weighted by Crippen LogP contribution is 2.38. The fraction of sp³-hybridized carbons (Fsp3) is 0.474. The molecule has 1 aromatic carbocycles. The van der Waals surface area contributed by atoms with Crippen LogP contribution in [0.15, 0.2) is 41.6 Å². The van der Waals surface area contributed by atoms with Crippen molar-refractivity contribution in [2.75, 3.05) is 13.1 Å². The van der Waals surface area contributed by atoms with Crippen molar-refractivity contribution < 1.29 is 4.79 Å². The highest BCUT2D eigenvalue weighted by Gasteiger charge is 2.34. The Bertz CT molecular complexity index is 717. The van der Waals surface area contributed by atoms with E-state index in [2.05, 4.69) is 51.8 Å². The zero-order valence-corrected chi connectivity index (χ0v) is 14.8. The number of aromatic nitrogens is 2. The van der Waals surface area contributed by atoms with Crippen molar-refractivity contribution in [3.8, 4) is 0 Å². The number of carbonyl (C=O) groups excluding carboxylic acids is 1. The summed E-state index contributed by atoms with van der Waals surface area (Å²) in [6, 6.07) is 8.77. The molecule has 3 heterocycles. The Morgan fingerprint density at radius 2 is 2.25 bits per heavy atom. The number of imidazole rings is 1. The number of hydrogen-bond donors (Lipinski definition) is 0. The lowest BCUT2D eigenvalue weighted by Crippen LogP contribution is -2.44. The van der Waals surface area contributed by atoms with Gasteiger partial charge in [-0.05, 0) is 30.9 Å². The van der Waals surface area contributed by atoms with Gasteiger partial charge in [0.2, 0.25) is 5.91 Å². The van der Waals surface area contributed by atoms with Crippen LogP contribution >= 0.6 is 11.8 Å². The molecule has 1 aromatic heterocycles. The Morgan fingerprint density at radius 1 is 1.38 bits per heavy atom. The van der Waals surface area contributed by atoms with E-state index in [1.165, 1.54) is 10.5 Å². The molecule has 2 aliphatic rings. The molecule has 2 aromatic rings. The molecule has 24 heavy (non-hydrogen) atoms. The number of nitrogens with zero attached hydrogens (tertiary/aromatic N) is 3. The summed E-state index contributed by atoms with van der Waals surface area (Å²) >= 11 is 1.73. The average molecular weight is 341 g/mol. The van der Waals surface area contributed by atoms with E-state index in [1.807, 2.05) is 6.20 Å². The van der Waals surface area contributed by atoms with Crippen LogP contribution in [0, 0.1) is 0 Å². The zero-order chi connectivity index (χ0) is 16.5. The first kappa shape index (κ1) is 15.8. The molecule has 1 fully saturated rings. The average Bonchev–Trinajstić information content (AvgIpc) is 3.27. The van der Waals surface area contributed by atoms with Gasteiger partial charge in [-0.25, -0.2) is 4.98 Å². The number of amides is 1. The fourth-order valence-electron chi connectivity index (χ4n) is 3.86. The Hall–Kier alpha value is -1.75. The van der Waals surface area contributed by atoms with Crippen molar-refractivity contribution in [1.82, 2.24) is 14.5 Å². The highest BCUT2D eigenvalue weighted by atomic mass is 32.2. The lowest BCUT2D eigenvalue weighted by atomic mass is 10.0. The zero-order valence-electron chi connectivity index (χ0n) is 14.0. The molecule has 4 nitrogen and oxygen atoms in total. The second kappa shape index (κ2) is 6.63. The number of fused-ring (bicyclic) bond motifs is 1. The van der Waals surface area contributed by atoms with Crippen LogP contribution in [0.3, 0.4) is 0 Å². The smallest absolute Gasteiger partial charge is 0.236 e. The summed E-state index contributed by atoms with van der Waals surface area (Å²) in [7, 11) is 0. The van der Waals surface area contributed by atoms with E-state index in [4.69, 9.17) is 0 Å². The maximum atomic E-state index is 13.0. The van der Waals surface area contributed by atoms with Crippen molar-refractivity contribution >= 4 is 17.7 Å². The topological polar surface area (TPSA) is 38.1 Å². The number of thioether (sulfide) groups is 1. The van der Waals surface area contributed by atoms with E-state index in [-0.39, 0.29) is 5.25 Å². The van der Waals surface area contributed by atoms with Crippen LogP contribution in [-0.2, 0) is 17.6 Å². The third-order valence-corrected chi connectivity index (χ3v) is 6.39. The summed E-state index contributed by atoms with van der Waals surface area (Å²) in [4.78, 5) is 20.8. The lowest BCUT2D eigenvalue weighted by molar-refractivity contribution is -0.132. The molecule has 1 amide bonds. The van der Waals surface area contributed by atoms with E-state index in [0.717, 1.165) is 44.6 Å². The molecule has 2 atom stereocenters. The summed E-state index contributed by atoms with van der Waals surface area (Å²) < 4.78 is 2.27. The van der Waals surface area contributed by atoms with Gasteiger partial charge in [0, 0.05) is 36.8 Å². The highest BCUT2D eigenvalue weighted by molar-refractivity contribution is 8.01. The van der Waals surface area contributed by atoms with Crippen LogP contribution in [0.2, 0.25) is 0 Å². The van der Waals surface area contributed by atoms with Gasteiger partial charge in [0.1, 0.15) is 5.82 Å². The van der Waals surface area contributed by atoms with Gasteiger partial charge < -0.3 is 9.47 Å². The minimum atomic E-state index is 0.0505. The summed E-state index contributed by atoms with van der Waals surface area (Å²) in [6.45, 7) is 3.84. The quantitative estimate of drug-likeness (QED) is 0.859. The van der Waals surface area contributed by atoms with Gasteiger partial charge >= 0.3 is 0 Å². The molecule has 4 rings (SSSR count). The Balaban J connectivity index is 1.46. The Kier molecular flexibility index (Phi) is 4.35. The molecule has 5 heteroatoms. The summed E-state index contributed by atoms with van der Waals surface area (Å²) in [5.41, 5.74) is 1.32. The second-order valence-corrected chi connectivity index (χ2v) is 7.85. The molecule has 0 spiro atoms. The largest absolute Gasteiger partial charge is 0.340 e. The summed E-state index contributed by atoms with van der Waals surface area (Å²) in [5.74, 6) is 1.43. The standard InChI is InChI=1S/C19H23N3OS/c1-2-18-20-9-11-22(18)15-7-5-10-21(13-15)19(23)17-12-14-6-3-4-8-16(14)24-17/h3-4,6,8-9,11,15,17H,2,5,7,10,12-13H2,1H3/t15-,17+/m0/s1. The molecule has 2 aliphatic heterocycles. The number of hydrogen-bond acceptors (Lipinski definition) is 3. The van der Waals surface area contributed by atoms with Crippen LogP contribution in [0.4, 0.5) is 0 Å². The van der Waals surface area contributed by atoms with Crippen molar-refractivity contribution in [3.63, 3.8) is 0 Å². The van der Waals surface area contributed by atoms with E-state index in [0.29, 0.717) is 11.9 Å². The van der Waals surface area contributed by atoms with E-state index in [9.17, 15) is 4.79 Å². The van der Waals surface area contributed by atoms with Gasteiger partial charge in [0.05, 0.1) is 11.3 Å². The van der Waals surface area contributed by atoms with Crippen molar-refractivity contribution in [3.05, 3.63) is 48.0 Å². The number of carbonyl (C=O) groups is 1. The van der Waals surface area contributed by atoms with Crippen LogP contribution < -0.4 is 0 Å². The molecule has 0 unspecified atom stereocenters. The van der Waals surface area contributed by atoms with E-state index in [1.54, 1.807) is 11.8 Å². The minimum absolute atomic E-state index is 0.0505. The Labute approximate surface area is 147 Å². The van der Waals surface area contributed by atoms with Crippen LogP contribution in [0.5, 0.6) is 0 Å². The minimum Gasteiger partial charge on any atom is -0.340 e. The molecule has 0 saturated carbocycles. The molecular weight excluding hydrogens is 318 g/mol. The molecule has 0 N–H and O–H groups in total. The molecular formula is C19H23N3OS. The third kappa shape index (κ3) is 2.86. The maximum absolute atomic E-state index is 13.0. The predicted octanol–water partition coefficient (Wildman–Crippen LogP) is 3.33. The second-order valence-electron chi connectivity index (χ2n) is 6.60. The maximum Gasteiger partial charge on any atom is 0.236 e. The number of benzene rings is 1. The Morgan fingerprint density at radius 3 is 3.08 bits per heavy atom. The number of rotatable bonds is 3. The van der Waals surface area contributed by atoms with Gasteiger partial charge in [-0.2, -0.15) is 0 Å². The van der Waals surface area contributed by atoms with Gasteiger partial charge in [0.25, 0.3) is 0 Å². The van der Waals surface area contributed by atoms with E-state index < -0.39 is 0 Å². The molecule has 1 saturated heterocycles.